The van der Waals surface area contributed by atoms with Crippen molar-refractivity contribution in [3.63, 3.8) is 0 Å². The lowest BCUT2D eigenvalue weighted by Crippen LogP contribution is -2.42. The molecule has 1 unspecified atom stereocenters. The van der Waals surface area contributed by atoms with Gasteiger partial charge in [0.15, 0.2) is 0 Å². The summed E-state index contributed by atoms with van der Waals surface area (Å²) >= 11 is 5.88. The Morgan fingerprint density at radius 1 is 1.04 bits per heavy atom. The highest BCUT2D eigenvalue weighted by atomic mass is 35.5. The van der Waals surface area contributed by atoms with Gasteiger partial charge in [0.1, 0.15) is 6.04 Å². The number of pyridine rings is 1. The number of halogens is 1. The van der Waals surface area contributed by atoms with Crippen LogP contribution in [0.5, 0.6) is 0 Å². The molecule has 0 fully saturated rings. The summed E-state index contributed by atoms with van der Waals surface area (Å²) in [6.45, 7) is 0. The summed E-state index contributed by atoms with van der Waals surface area (Å²) in [7, 11) is -4.00. The van der Waals surface area contributed by atoms with E-state index in [1.54, 1.807) is 42.6 Å². The lowest BCUT2D eigenvalue weighted by atomic mass is 10.1. The van der Waals surface area contributed by atoms with Crippen molar-refractivity contribution in [3.05, 3.63) is 83.6 Å². The standard InChI is InChI=1S/C20H17ClN2O4S/c21-17-7-3-15(4-8-17)16-5-9-18(10-6-16)28(26,27)23-19(20(24)25)12-14-2-1-11-22-13-14/h1-11,13,19,23H,12H2,(H,24,25). The molecule has 0 aliphatic heterocycles. The first-order chi connectivity index (χ1) is 13.3. The zero-order chi connectivity index (χ0) is 20.1. The fourth-order valence-electron chi connectivity index (χ4n) is 2.66. The normalized spacial score (nSPS) is 12.5. The summed E-state index contributed by atoms with van der Waals surface area (Å²) in [5, 5.41) is 10.0. The quantitative estimate of drug-likeness (QED) is 0.615. The van der Waals surface area contributed by atoms with Gasteiger partial charge in [-0.05, 0) is 47.0 Å². The molecular formula is C20H17ClN2O4S. The first kappa shape index (κ1) is 20.0. The van der Waals surface area contributed by atoms with Gasteiger partial charge in [-0.2, -0.15) is 4.72 Å². The molecule has 2 N–H and O–H groups in total. The number of benzene rings is 2. The molecule has 0 bridgehead atoms. The predicted molar refractivity (Wildman–Crippen MR) is 107 cm³/mol. The molecule has 0 spiro atoms. The van der Waals surface area contributed by atoms with E-state index in [2.05, 4.69) is 9.71 Å². The molecule has 1 heterocycles. The lowest BCUT2D eigenvalue weighted by Gasteiger charge is -2.15. The van der Waals surface area contributed by atoms with Crippen molar-refractivity contribution in [2.75, 3.05) is 0 Å². The van der Waals surface area contributed by atoms with Gasteiger partial charge in [0.05, 0.1) is 4.90 Å². The van der Waals surface area contributed by atoms with Crippen molar-refractivity contribution >= 4 is 27.6 Å². The Bertz CT molecular complexity index is 1050. The van der Waals surface area contributed by atoms with Crippen LogP contribution in [0.3, 0.4) is 0 Å². The topological polar surface area (TPSA) is 96.4 Å². The first-order valence-electron chi connectivity index (χ1n) is 8.35. The molecular weight excluding hydrogens is 400 g/mol. The summed E-state index contributed by atoms with van der Waals surface area (Å²) in [5.74, 6) is -1.26. The largest absolute Gasteiger partial charge is 0.480 e. The highest BCUT2D eigenvalue weighted by Crippen LogP contribution is 2.23. The van der Waals surface area contributed by atoms with Crippen LogP contribution in [0.1, 0.15) is 5.56 Å². The van der Waals surface area contributed by atoms with Crippen LogP contribution in [0.4, 0.5) is 0 Å². The number of rotatable bonds is 7. The van der Waals surface area contributed by atoms with Gasteiger partial charge in [0.25, 0.3) is 0 Å². The molecule has 2 aromatic carbocycles. The summed E-state index contributed by atoms with van der Waals surface area (Å²) in [6.07, 6.45) is 3.06. The van der Waals surface area contributed by atoms with Gasteiger partial charge in [0.2, 0.25) is 10.0 Å². The van der Waals surface area contributed by atoms with E-state index in [0.29, 0.717) is 10.6 Å². The van der Waals surface area contributed by atoms with Gasteiger partial charge in [-0.25, -0.2) is 8.42 Å². The van der Waals surface area contributed by atoms with Gasteiger partial charge < -0.3 is 5.11 Å². The average molecular weight is 417 g/mol. The van der Waals surface area contributed by atoms with Crippen molar-refractivity contribution in [2.24, 2.45) is 0 Å². The summed E-state index contributed by atoms with van der Waals surface area (Å²) < 4.78 is 27.5. The minimum absolute atomic E-state index is 0.00867. The van der Waals surface area contributed by atoms with E-state index < -0.39 is 22.0 Å². The van der Waals surface area contributed by atoms with Crippen LogP contribution in [0.15, 0.2) is 78.0 Å². The second-order valence-corrected chi connectivity index (χ2v) is 8.26. The maximum atomic E-state index is 12.6. The van der Waals surface area contributed by atoms with E-state index >= 15 is 0 Å². The Morgan fingerprint density at radius 2 is 1.64 bits per heavy atom. The van der Waals surface area contributed by atoms with Crippen molar-refractivity contribution in [2.45, 2.75) is 17.4 Å². The summed E-state index contributed by atoms with van der Waals surface area (Å²) in [5.41, 5.74) is 2.33. The van der Waals surface area contributed by atoms with Crippen LogP contribution >= 0.6 is 11.6 Å². The van der Waals surface area contributed by atoms with Gasteiger partial charge in [0, 0.05) is 23.8 Å². The second-order valence-electron chi connectivity index (χ2n) is 6.11. The average Bonchev–Trinajstić information content (AvgIpc) is 2.69. The minimum Gasteiger partial charge on any atom is -0.480 e. The number of hydrogen-bond acceptors (Lipinski definition) is 4. The fourth-order valence-corrected chi connectivity index (χ4v) is 3.97. The lowest BCUT2D eigenvalue weighted by molar-refractivity contribution is -0.138. The number of aromatic nitrogens is 1. The third kappa shape index (κ3) is 4.95. The maximum Gasteiger partial charge on any atom is 0.322 e. The minimum atomic E-state index is -4.00. The molecule has 1 aromatic heterocycles. The highest BCUT2D eigenvalue weighted by Gasteiger charge is 2.25. The molecule has 0 saturated carbocycles. The van der Waals surface area contributed by atoms with E-state index in [0.717, 1.165) is 11.1 Å². The Hall–Kier alpha value is -2.74. The molecule has 1 atom stereocenters. The number of hydrogen-bond donors (Lipinski definition) is 2. The van der Waals surface area contributed by atoms with E-state index in [4.69, 9.17) is 11.6 Å². The number of aliphatic carboxylic acids is 1. The smallest absolute Gasteiger partial charge is 0.322 e. The molecule has 6 nitrogen and oxygen atoms in total. The summed E-state index contributed by atoms with van der Waals surface area (Å²) in [6, 6.07) is 15.4. The van der Waals surface area contributed by atoms with E-state index in [1.165, 1.54) is 18.3 Å². The van der Waals surface area contributed by atoms with E-state index in [-0.39, 0.29) is 11.3 Å². The molecule has 8 heteroatoms. The van der Waals surface area contributed by atoms with Crippen molar-refractivity contribution in [1.82, 2.24) is 9.71 Å². The maximum absolute atomic E-state index is 12.6. The number of carboxylic acid groups (broad SMARTS) is 1. The first-order valence-corrected chi connectivity index (χ1v) is 10.2. The van der Waals surface area contributed by atoms with E-state index in [9.17, 15) is 18.3 Å². The molecule has 0 saturated heterocycles. The van der Waals surface area contributed by atoms with Gasteiger partial charge in [-0.1, -0.05) is 41.9 Å². The predicted octanol–water partition coefficient (Wildman–Crippen LogP) is 3.38. The second kappa shape index (κ2) is 8.52. The van der Waals surface area contributed by atoms with Gasteiger partial charge >= 0.3 is 5.97 Å². The van der Waals surface area contributed by atoms with Crippen LogP contribution in [0, 0.1) is 0 Å². The number of sulfonamides is 1. The van der Waals surface area contributed by atoms with Crippen LogP contribution in [0.2, 0.25) is 5.02 Å². The zero-order valence-corrected chi connectivity index (χ0v) is 16.2. The number of nitrogens with zero attached hydrogens (tertiary/aromatic N) is 1. The van der Waals surface area contributed by atoms with E-state index in [1.807, 2.05) is 12.1 Å². The van der Waals surface area contributed by atoms with Crippen LogP contribution in [0.25, 0.3) is 11.1 Å². The zero-order valence-electron chi connectivity index (χ0n) is 14.6. The van der Waals surface area contributed by atoms with Crippen molar-refractivity contribution in [3.8, 4) is 11.1 Å². The van der Waals surface area contributed by atoms with Crippen molar-refractivity contribution in [1.29, 1.82) is 0 Å². The van der Waals surface area contributed by atoms with Crippen LogP contribution in [-0.4, -0.2) is 30.5 Å². The monoisotopic (exact) mass is 416 g/mol. The molecule has 0 radical (unpaired) electrons. The number of nitrogens with one attached hydrogen (secondary N) is 1. The Kier molecular flexibility index (Phi) is 6.08. The molecule has 0 aliphatic rings. The Morgan fingerprint density at radius 3 is 2.18 bits per heavy atom. The number of carbonyl (C=O) groups is 1. The number of carboxylic acids is 1. The molecule has 28 heavy (non-hydrogen) atoms. The molecule has 0 amide bonds. The third-order valence-corrected chi connectivity index (χ3v) is 5.84. The van der Waals surface area contributed by atoms with Crippen LogP contribution in [-0.2, 0) is 21.2 Å². The highest BCUT2D eigenvalue weighted by molar-refractivity contribution is 7.89. The molecule has 3 aromatic rings. The SMILES string of the molecule is O=C(O)C(Cc1cccnc1)NS(=O)(=O)c1ccc(-c2ccc(Cl)cc2)cc1. The fraction of sp³-hybridized carbons (Fsp3) is 0.100. The summed E-state index contributed by atoms with van der Waals surface area (Å²) in [4.78, 5) is 15.4. The van der Waals surface area contributed by atoms with Crippen LogP contribution < -0.4 is 4.72 Å². The molecule has 0 aliphatic carbocycles. The molecule has 144 valence electrons. The Labute approximate surface area is 167 Å². The van der Waals surface area contributed by atoms with Gasteiger partial charge in [-0.3, -0.25) is 9.78 Å². The Balaban J connectivity index is 1.79. The van der Waals surface area contributed by atoms with Crippen molar-refractivity contribution < 1.29 is 18.3 Å². The molecule has 3 rings (SSSR count). The van der Waals surface area contributed by atoms with Gasteiger partial charge in [-0.15, -0.1) is 0 Å². The third-order valence-electron chi connectivity index (χ3n) is 4.10.